The number of hydrogen-bond donors (Lipinski definition) is 1. The molecule has 1 aromatic carbocycles. The molecule has 2 heterocycles. The summed E-state index contributed by atoms with van der Waals surface area (Å²) in [4.78, 5) is 4.16. The Kier molecular flexibility index (Phi) is 3.15. The van der Waals surface area contributed by atoms with Crippen LogP contribution in [0.1, 0.15) is 42.3 Å². The molecule has 21 heavy (non-hydrogen) atoms. The molecule has 1 aliphatic rings. The van der Waals surface area contributed by atoms with Crippen molar-refractivity contribution in [2.75, 3.05) is 5.73 Å². The maximum Gasteiger partial charge on any atom is 0.416 e. The molecule has 3 rings (SSSR count). The van der Waals surface area contributed by atoms with Crippen molar-refractivity contribution in [3.8, 4) is 0 Å². The van der Waals surface area contributed by atoms with E-state index in [2.05, 4.69) is 10.1 Å². The zero-order valence-corrected chi connectivity index (χ0v) is 11.4. The van der Waals surface area contributed by atoms with Crippen LogP contribution in [-0.4, -0.2) is 14.8 Å². The van der Waals surface area contributed by atoms with Crippen molar-refractivity contribution in [2.45, 2.75) is 37.9 Å². The minimum atomic E-state index is -4.30. The third-order valence-electron chi connectivity index (χ3n) is 4.03. The van der Waals surface area contributed by atoms with E-state index in [9.17, 15) is 13.2 Å². The van der Waals surface area contributed by atoms with Gasteiger partial charge in [-0.05, 0) is 31.0 Å². The number of nitrogens with two attached hydrogens (primary N) is 1. The molecule has 2 aromatic rings. The fraction of sp³-hybridized carbons (Fsp3) is 0.429. The summed E-state index contributed by atoms with van der Waals surface area (Å²) in [5, 5.41) is 4.17. The van der Waals surface area contributed by atoms with Gasteiger partial charge in [-0.25, -0.2) is 4.68 Å². The number of aryl methyl sites for hydroxylation is 1. The number of nitrogens with zero attached hydrogens (tertiary/aromatic N) is 3. The van der Waals surface area contributed by atoms with E-state index in [1.807, 2.05) is 6.92 Å². The SMILES string of the molecule is CC1C(c2ccc(C(F)(F)F)cc2)CCc2nc(N)nn21. The second kappa shape index (κ2) is 4.75. The second-order valence-corrected chi connectivity index (χ2v) is 5.34. The van der Waals surface area contributed by atoms with E-state index in [4.69, 9.17) is 5.73 Å². The summed E-state index contributed by atoms with van der Waals surface area (Å²) < 4.78 is 39.6. The maximum atomic E-state index is 12.6. The standard InChI is InChI=1S/C14H15F3N4/c1-8-11(6-7-12-19-13(18)20-21(8)12)9-2-4-10(5-3-9)14(15,16)17/h2-5,8,11H,6-7H2,1H3,(H2,18,20). The van der Waals surface area contributed by atoms with Crippen molar-refractivity contribution < 1.29 is 13.2 Å². The second-order valence-electron chi connectivity index (χ2n) is 5.34. The van der Waals surface area contributed by atoms with E-state index in [1.165, 1.54) is 0 Å². The van der Waals surface area contributed by atoms with Gasteiger partial charge in [-0.3, -0.25) is 0 Å². The molecule has 4 nitrogen and oxygen atoms in total. The van der Waals surface area contributed by atoms with Crippen LogP contribution >= 0.6 is 0 Å². The smallest absolute Gasteiger partial charge is 0.366 e. The molecule has 1 aliphatic heterocycles. The molecular weight excluding hydrogens is 281 g/mol. The first-order chi connectivity index (χ1) is 9.86. The van der Waals surface area contributed by atoms with Crippen molar-refractivity contribution >= 4 is 5.95 Å². The van der Waals surface area contributed by atoms with Crippen LogP contribution < -0.4 is 5.73 Å². The maximum absolute atomic E-state index is 12.6. The summed E-state index contributed by atoms with van der Waals surface area (Å²) in [6.07, 6.45) is -2.75. The lowest BCUT2D eigenvalue weighted by Gasteiger charge is -2.30. The van der Waals surface area contributed by atoms with Gasteiger partial charge in [0.25, 0.3) is 0 Å². The van der Waals surface area contributed by atoms with Crippen molar-refractivity contribution in [1.29, 1.82) is 0 Å². The molecule has 112 valence electrons. The van der Waals surface area contributed by atoms with Crippen molar-refractivity contribution in [3.63, 3.8) is 0 Å². The Hall–Kier alpha value is -2.05. The highest BCUT2D eigenvalue weighted by molar-refractivity contribution is 5.29. The number of fused-ring (bicyclic) bond motifs is 1. The van der Waals surface area contributed by atoms with Crippen LogP contribution in [0.3, 0.4) is 0 Å². The fourth-order valence-electron chi connectivity index (χ4n) is 2.93. The lowest BCUT2D eigenvalue weighted by molar-refractivity contribution is -0.137. The zero-order valence-electron chi connectivity index (χ0n) is 11.4. The Balaban J connectivity index is 1.88. The average Bonchev–Trinajstić information content (AvgIpc) is 2.80. The van der Waals surface area contributed by atoms with E-state index in [0.717, 1.165) is 36.4 Å². The summed E-state index contributed by atoms with van der Waals surface area (Å²) in [7, 11) is 0. The van der Waals surface area contributed by atoms with E-state index in [1.54, 1.807) is 16.8 Å². The van der Waals surface area contributed by atoms with Crippen LogP contribution in [0.4, 0.5) is 19.1 Å². The minimum absolute atomic E-state index is 0.0234. The number of nitrogen functional groups attached to an aromatic ring is 1. The van der Waals surface area contributed by atoms with Crippen LogP contribution in [0, 0.1) is 0 Å². The molecule has 0 aliphatic carbocycles. The highest BCUT2D eigenvalue weighted by Crippen LogP contribution is 2.38. The summed E-state index contributed by atoms with van der Waals surface area (Å²) in [5.41, 5.74) is 5.86. The van der Waals surface area contributed by atoms with Crippen molar-refractivity contribution in [1.82, 2.24) is 14.8 Å². The number of alkyl halides is 3. The van der Waals surface area contributed by atoms with Crippen molar-refractivity contribution in [3.05, 3.63) is 41.2 Å². The molecule has 1 aromatic heterocycles. The zero-order chi connectivity index (χ0) is 15.2. The molecule has 0 saturated heterocycles. The quantitative estimate of drug-likeness (QED) is 0.879. The average molecular weight is 296 g/mol. The molecule has 0 fully saturated rings. The first-order valence-electron chi connectivity index (χ1n) is 6.74. The van der Waals surface area contributed by atoms with Crippen LogP contribution in [-0.2, 0) is 12.6 Å². The van der Waals surface area contributed by atoms with Crippen LogP contribution in [0.25, 0.3) is 0 Å². The van der Waals surface area contributed by atoms with Gasteiger partial charge in [-0.2, -0.15) is 18.2 Å². The molecular formula is C14H15F3N4. The van der Waals surface area contributed by atoms with E-state index >= 15 is 0 Å². The topological polar surface area (TPSA) is 56.7 Å². The molecule has 0 radical (unpaired) electrons. The fourth-order valence-corrected chi connectivity index (χ4v) is 2.93. The largest absolute Gasteiger partial charge is 0.416 e. The molecule has 2 unspecified atom stereocenters. The minimum Gasteiger partial charge on any atom is -0.366 e. The van der Waals surface area contributed by atoms with Gasteiger partial charge in [-0.1, -0.05) is 12.1 Å². The van der Waals surface area contributed by atoms with Gasteiger partial charge in [0.15, 0.2) is 0 Å². The number of aromatic nitrogens is 3. The Morgan fingerprint density at radius 3 is 2.52 bits per heavy atom. The number of hydrogen-bond acceptors (Lipinski definition) is 3. The van der Waals surface area contributed by atoms with Crippen molar-refractivity contribution in [2.24, 2.45) is 0 Å². The van der Waals surface area contributed by atoms with Gasteiger partial charge in [0, 0.05) is 12.3 Å². The first-order valence-corrected chi connectivity index (χ1v) is 6.74. The molecule has 0 spiro atoms. The lowest BCUT2D eigenvalue weighted by atomic mass is 9.85. The van der Waals surface area contributed by atoms with Crippen LogP contribution in [0.5, 0.6) is 0 Å². The summed E-state index contributed by atoms with van der Waals surface area (Å²) in [6, 6.07) is 5.39. The Bertz CT molecular complexity index is 645. The van der Waals surface area contributed by atoms with Crippen LogP contribution in [0.15, 0.2) is 24.3 Å². The number of anilines is 1. The Morgan fingerprint density at radius 2 is 1.90 bits per heavy atom. The lowest BCUT2D eigenvalue weighted by Crippen LogP contribution is -2.24. The normalized spacial score (nSPS) is 22.1. The van der Waals surface area contributed by atoms with Gasteiger partial charge in [-0.15, -0.1) is 5.10 Å². The third kappa shape index (κ3) is 2.48. The molecule has 2 N–H and O–H groups in total. The number of benzene rings is 1. The van der Waals surface area contributed by atoms with E-state index in [0.29, 0.717) is 0 Å². The first kappa shape index (κ1) is 13.9. The highest BCUT2D eigenvalue weighted by atomic mass is 19.4. The van der Waals surface area contributed by atoms with Gasteiger partial charge in [0.05, 0.1) is 11.6 Å². The Morgan fingerprint density at radius 1 is 1.24 bits per heavy atom. The summed E-state index contributed by atoms with van der Waals surface area (Å²) in [5.74, 6) is 1.19. The van der Waals surface area contributed by atoms with Crippen LogP contribution in [0.2, 0.25) is 0 Å². The number of rotatable bonds is 1. The van der Waals surface area contributed by atoms with Gasteiger partial charge in [0.1, 0.15) is 5.82 Å². The van der Waals surface area contributed by atoms with Gasteiger partial charge >= 0.3 is 6.18 Å². The molecule has 0 amide bonds. The number of halogens is 3. The highest BCUT2D eigenvalue weighted by Gasteiger charge is 2.32. The molecule has 2 atom stereocenters. The molecule has 0 bridgehead atoms. The van der Waals surface area contributed by atoms with Gasteiger partial charge < -0.3 is 5.73 Å². The Labute approximate surface area is 119 Å². The summed E-state index contributed by atoms with van der Waals surface area (Å²) in [6.45, 7) is 1.99. The molecule has 7 heteroatoms. The summed E-state index contributed by atoms with van der Waals surface area (Å²) >= 11 is 0. The predicted octanol–water partition coefficient (Wildman–Crippen LogP) is 3.17. The third-order valence-corrected chi connectivity index (χ3v) is 4.03. The van der Waals surface area contributed by atoms with E-state index < -0.39 is 11.7 Å². The monoisotopic (exact) mass is 296 g/mol. The molecule has 0 saturated carbocycles. The predicted molar refractivity (Wildman–Crippen MR) is 71.7 cm³/mol. The van der Waals surface area contributed by atoms with E-state index in [-0.39, 0.29) is 17.9 Å². The van der Waals surface area contributed by atoms with Gasteiger partial charge in [0.2, 0.25) is 5.95 Å².